The van der Waals surface area contributed by atoms with E-state index in [-0.39, 0.29) is 6.42 Å². The monoisotopic (exact) mass is 341 g/mol. The molecule has 1 aromatic rings. The molecule has 0 unspecified atom stereocenters. The molecular formula is C13H16BNO7S. The molecule has 2 heterocycles. The summed E-state index contributed by atoms with van der Waals surface area (Å²) >= 11 is 1.28. The van der Waals surface area contributed by atoms with Gasteiger partial charge in [0, 0.05) is 0 Å². The first-order valence-electron chi connectivity index (χ1n) is 6.99. The van der Waals surface area contributed by atoms with Gasteiger partial charge in [-0.15, -0.1) is 0 Å². The Hall–Kier alpha value is -1.91. The van der Waals surface area contributed by atoms with Gasteiger partial charge in [0.05, 0.1) is 18.5 Å². The van der Waals surface area contributed by atoms with Gasteiger partial charge in [0.2, 0.25) is 5.91 Å². The van der Waals surface area contributed by atoms with Crippen molar-refractivity contribution in [3.8, 4) is 0 Å². The molecule has 0 aliphatic carbocycles. The molecule has 23 heavy (non-hydrogen) atoms. The minimum Gasteiger partial charge on any atom is -0.481 e. The lowest BCUT2D eigenvalue weighted by atomic mass is 9.72. The summed E-state index contributed by atoms with van der Waals surface area (Å²) < 4.78 is 5.16. The standard InChI is InChI=1S/C13H16BNO7S/c16-10(17)5-8-1-2-9(14(21)22-8)15-12(18)11(13(19)20)7-3-4-23-6-7/h3-4,6,8-9,11,21H,1-2,5H2,(H,15,18)(H,16,17)(H,19,20)/t8-,9-,11+/m0/s1. The first-order chi connectivity index (χ1) is 10.9. The summed E-state index contributed by atoms with van der Waals surface area (Å²) in [7, 11) is -1.37. The van der Waals surface area contributed by atoms with E-state index in [1.807, 2.05) is 0 Å². The Morgan fingerprint density at radius 3 is 2.65 bits per heavy atom. The number of carbonyl (C=O) groups excluding carboxylic acids is 1. The molecule has 1 amide bonds. The predicted octanol–water partition coefficient (Wildman–Crippen LogP) is 0.0745. The number of thiophene rings is 1. The molecule has 8 nitrogen and oxygen atoms in total. The molecule has 1 aliphatic rings. The van der Waals surface area contributed by atoms with E-state index in [1.165, 1.54) is 11.3 Å². The zero-order valence-electron chi connectivity index (χ0n) is 12.0. The first kappa shape index (κ1) is 17.4. The van der Waals surface area contributed by atoms with E-state index in [4.69, 9.17) is 9.76 Å². The van der Waals surface area contributed by atoms with Crippen LogP contribution in [0.4, 0.5) is 0 Å². The Morgan fingerprint density at radius 2 is 2.13 bits per heavy atom. The van der Waals surface area contributed by atoms with E-state index in [0.29, 0.717) is 18.4 Å². The highest BCUT2D eigenvalue weighted by Crippen LogP contribution is 2.22. The molecule has 0 radical (unpaired) electrons. The summed E-state index contributed by atoms with van der Waals surface area (Å²) in [4.78, 5) is 34.2. The van der Waals surface area contributed by atoms with Gasteiger partial charge in [-0.3, -0.25) is 14.4 Å². The summed E-state index contributed by atoms with van der Waals surface area (Å²) in [5, 5.41) is 33.5. The van der Waals surface area contributed by atoms with Gasteiger partial charge in [0.25, 0.3) is 0 Å². The van der Waals surface area contributed by atoms with E-state index in [0.717, 1.165) is 0 Å². The molecule has 0 spiro atoms. The van der Waals surface area contributed by atoms with Gasteiger partial charge in [0.1, 0.15) is 0 Å². The molecule has 4 N–H and O–H groups in total. The van der Waals surface area contributed by atoms with Crippen LogP contribution < -0.4 is 5.32 Å². The second-order valence-electron chi connectivity index (χ2n) is 5.27. The van der Waals surface area contributed by atoms with Crippen molar-refractivity contribution in [2.24, 2.45) is 0 Å². The van der Waals surface area contributed by atoms with Crippen molar-refractivity contribution in [1.82, 2.24) is 5.32 Å². The Morgan fingerprint density at radius 1 is 1.39 bits per heavy atom. The molecule has 1 fully saturated rings. The van der Waals surface area contributed by atoms with Gasteiger partial charge < -0.3 is 25.2 Å². The fourth-order valence-electron chi connectivity index (χ4n) is 2.47. The minimum absolute atomic E-state index is 0.232. The van der Waals surface area contributed by atoms with Crippen molar-refractivity contribution in [3.63, 3.8) is 0 Å². The summed E-state index contributed by atoms with van der Waals surface area (Å²) in [5.74, 6) is -5.18. The van der Waals surface area contributed by atoms with Gasteiger partial charge in [-0.2, -0.15) is 11.3 Å². The van der Waals surface area contributed by atoms with Gasteiger partial charge in [0.15, 0.2) is 5.92 Å². The van der Waals surface area contributed by atoms with Crippen molar-refractivity contribution in [2.75, 3.05) is 0 Å². The normalized spacial score (nSPS) is 22.4. The lowest BCUT2D eigenvalue weighted by Crippen LogP contribution is -2.54. The Balaban J connectivity index is 1.97. The van der Waals surface area contributed by atoms with Gasteiger partial charge in [-0.25, -0.2) is 0 Å². The topological polar surface area (TPSA) is 133 Å². The summed E-state index contributed by atoms with van der Waals surface area (Å²) in [5.41, 5.74) is 0.370. The lowest BCUT2D eigenvalue weighted by molar-refractivity contribution is -0.144. The van der Waals surface area contributed by atoms with Gasteiger partial charge >= 0.3 is 19.1 Å². The zero-order chi connectivity index (χ0) is 17.0. The first-order valence-corrected chi connectivity index (χ1v) is 7.93. The second kappa shape index (κ2) is 7.58. The van der Waals surface area contributed by atoms with E-state index in [9.17, 15) is 24.5 Å². The Bertz CT molecular complexity index is 579. The fourth-order valence-corrected chi connectivity index (χ4v) is 3.15. The third kappa shape index (κ3) is 4.53. The quantitative estimate of drug-likeness (QED) is 0.425. The van der Waals surface area contributed by atoms with Crippen LogP contribution in [0.1, 0.15) is 30.7 Å². The largest absolute Gasteiger partial charge is 0.481 e. The Labute approximate surface area is 136 Å². The SMILES string of the molecule is O=C(O)C[C@@H]1CC[C@H](NC(=O)[C@H](C(=O)O)c2ccsc2)B(O)O1. The average Bonchev–Trinajstić information content (AvgIpc) is 2.94. The van der Waals surface area contributed by atoms with Crippen molar-refractivity contribution in [3.05, 3.63) is 22.4 Å². The molecule has 124 valence electrons. The molecule has 10 heteroatoms. The number of hydrogen-bond acceptors (Lipinski definition) is 6. The van der Waals surface area contributed by atoms with Crippen LogP contribution in [0.5, 0.6) is 0 Å². The van der Waals surface area contributed by atoms with Crippen molar-refractivity contribution in [2.45, 2.75) is 37.2 Å². The zero-order valence-corrected chi connectivity index (χ0v) is 12.9. The number of aliphatic carboxylic acids is 2. The number of amides is 1. The maximum Gasteiger partial charge on any atom is 0.478 e. The van der Waals surface area contributed by atoms with Crippen molar-refractivity contribution < 1.29 is 34.3 Å². The molecule has 1 saturated heterocycles. The minimum atomic E-state index is -1.37. The molecule has 1 aliphatic heterocycles. The van der Waals surface area contributed by atoms with Gasteiger partial charge in [-0.1, -0.05) is 0 Å². The van der Waals surface area contributed by atoms with E-state index in [1.54, 1.807) is 16.8 Å². The maximum atomic E-state index is 12.2. The van der Waals surface area contributed by atoms with E-state index < -0.39 is 42.9 Å². The van der Waals surface area contributed by atoms with Crippen LogP contribution in [-0.4, -0.2) is 52.2 Å². The van der Waals surface area contributed by atoms with Crippen LogP contribution in [0.3, 0.4) is 0 Å². The van der Waals surface area contributed by atoms with Crippen LogP contribution in [0.15, 0.2) is 16.8 Å². The van der Waals surface area contributed by atoms with Crippen LogP contribution >= 0.6 is 11.3 Å². The van der Waals surface area contributed by atoms with Crippen LogP contribution in [-0.2, 0) is 19.0 Å². The molecule has 1 aromatic heterocycles. The smallest absolute Gasteiger partial charge is 0.478 e. The summed E-state index contributed by atoms with van der Waals surface area (Å²) in [6.07, 6.45) is -0.196. The lowest BCUT2D eigenvalue weighted by Gasteiger charge is -2.31. The number of carboxylic acids is 2. The third-order valence-electron chi connectivity index (χ3n) is 3.59. The van der Waals surface area contributed by atoms with E-state index >= 15 is 0 Å². The molecule has 0 saturated carbocycles. The highest BCUT2D eigenvalue weighted by molar-refractivity contribution is 7.08. The second-order valence-corrected chi connectivity index (χ2v) is 6.05. The average molecular weight is 341 g/mol. The Kier molecular flexibility index (Phi) is 5.75. The van der Waals surface area contributed by atoms with Crippen LogP contribution in [0.2, 0.25) is 0 Å². The molecule has 0 bridgehead atoms. The maximum absolute atomic E-state index is 12.2. The van der Waals surface area contributed by atoms with Crippen LogP contribution in [0.25, 0.3) is 0 Å². The van der Waals surface area contributed by atoms with E-state index in [2.05, 4.69) is 5.32 Å². The summed E-state index contributed by atoms with van der Waals surface area (Å²) in [6.45, 7) is 0. The highest BCUT2D eigenvalue weighted by atomic mass is 32.1. The number of rotatable bonds is 6. The number of carbonyl (C=O) groups is 3. The van der Waals surface area contributed by atoms with Crippen molar-refractivity contribution in [1.29, 1.82) is 0 Å². The van der Waals surface area contributed by atoms with Gasteiger partial charge in [-0.05, 0) is 35.2 Å². The van der Waals surface area contributed by atoms with Crippen molar-refractivity contribution >= 4 is 36.3 Å². The van der Waals surface area contributed by atoms with Crippen LogP contribution in [0, 0.1) is 0 Å². The third-order valence-corrected chi connectivity index (χ3v) is 4.29. The number of nitrogens with one attached hydrogen (secondary N) is 1. The molecular weight excluding hydrogens is 325 g/mol. The fraction of sp³-hybridized carbons (Fsp3) is 0.462. The number of hydrogen-bond donors (Lipinski definition) is 4. The molecule has 2 rings (SSSR count). The molecule has 3 atom stereocenters. The summed E-state index contributed by atoms with van der Waals surface area (Å²) in [6, 6.07) is 1.56. The highest BCUT2D eigenvalue weighted by Gasteiger charge is 2.39. The molecule has 0 aromatic carbocycles. The predicted molar refractivity (Wildman–Crippen MR) is 81.0 cm³/mol. The number of carboxylic acid groups (broad SMARTS) is 2.